The summed E-state index contributed by atoms with van der Waals surface area (Å²) < 4.78 is 0. The van der Waals surface area contributed by atoms with Crippen molar-refractivity contribution in [3.8, 4) is 0 Å². The van der Waals surface area contributed by atoms with E-state index in [1.54, 1.807) is 0 Å². The second kappa shape index (κ2) is 4.63. The van der Waals surface area contributed by atoms with Crippen molar-refractivity contribution in [3.63, 3.8) is 0 Å². The van der Waals surface area contributed by atoms with Crippen LogP contribution in [-0.4, -0.2) is 19.0 Å². The van der Waals surface area contributed by atoms with Gasteiger partial charge in [-0.2, -0.15) is 0 Å². The number of fused-ring (bicyclic) bond motifs is 1. The molecule has 0 bridgehead atoms. The van der Waals surface area contributed by atoms with Gasteiger partial charge in [0.15, 0.2) is 0 Å². The van der Waals surface area contributed by atoms with Crippen LogP contribution >= 0.6 is 0 Å². The Kier molecular flexibility index (Phi) is 2.98. The zero-order chi connectivity index (χ0) is 12.5. The first-order valence-corrected chi connectivity index (χ1v) is 6.90. The number of aryl methyl sites for hydroxylation is 2. The summed E-state index contributed by atoms with van der Waals surface area (Å²) in [6, 6.07) is 6.78. The van der Waals surface area contributed by atoms with Crippen molar-refractivity contribution in [1.29, 1.82) is 0 Å². The number of amides is 1. The number of benzene rings is 1. The summed E-state index contributed by atoms with van der Waals surface area (Å²) >= 11 is 0. The minimum atomic E-state index is -0.157. The molecule has 3 rings (SSSR count). The summed E-state index contributed by atoms with van der Waals surface area (Å²) in [6.07, 6.45) is 5.95. The molecule has 0 spiro atoms. The maximum absolute atomic E-state index is 11.2. The molecule has 1 heterocycles. The first-order chi connectivity index (χ1) is 8.74. The SMILES string of the molecule is NC(=O)[C@@H]1CCN(c2ccc3c(c2)CCCC3)C1. The highest BCUT2D eigenvalue weighted by molar-refractivity contribution is 5.78. The van der Waals surface area contributed by atoms with E-state index >= 15 is 0 Å². The molecule has 0 saturated carbocycles. The van der Waals surface area contributed by atoms with Gasteiger partial charge >= 0.3 is 0 Å². The van der Waals surface area contributed by atoms with Gasteiger partial charge in [0.1, 0.15) is 0 Å². The molecule has 1 aliphatic heterocycles. The fourth-order valence-corrected chi connectivity index (χ4v) is 3.14. The van der Waals surface area contributed by atoms with Gasteiger partial charge in [-0.3, -0.25) is 4.79 Å². The maximum atomic E-state index is 11.2. The summed E-state index contributed by atoms with van der Waals surface area (Å²) in [5.41, 5.74) is 9.66. The van der Waals surface area contributed by atoms with Crippen LogP contribution in [0.3, 0.4) is 0 Å². The Labute approximate surface area is 108 Å². The summed E-state index contributed by atoms with van der Waals surface area (Å²) in [7, 11) is 0. The van der Waals surface area contributed by atoms with E-state index in [-0.39, 0.29) is 11.8 Å². The maximum Gasteiger partial charge on any atom is 0.222 e. The lowest BCUT2D eigenvalue weighted by Crippen LogP contribution is -2.27. The van der Waals surface area contributed by atoms with Crippen molar-refractivity contribution in [2.45, 2.75) is 32.1 Å². The quantitative estimate of drug-likeness (QED) is 0.863. The molecule has 2 N–H and O–H groups in total. The zero-order valence-electron chi connectivity index (χ0n) is 10.7. The molecular weight excluding hydrogens is 224 g/mol. The molecule has 1 aliphatic carbocycles. The van der Waals surface area contributed by atoms with E-state index in [2.05, 4.69) is 23.1 Å². The molecule has 3 heteroatoms. The van der Waals surface area contributed by atoms with Gasteiger partial charge in [0.25, 0.3) is 0 Å². The fraction of sp³-hybridized carbons (Fsp3) is 0.533. The van der Waals surface area contributed by atoms with Crippen LogP contribution in [0.1, 0.15) is 30.4 Å². The van der Waals surface area contributed by atoms with Gasteiger partial charge < -0.3 is 10.6 Å². The molecule has 2 aliphatic rings. The number of anilines is 1. The number of nitrogens with two attached hydrogens (primary N) is 1. The van der Waals surface area contributed by atoms with E-state index < -0.39 is 0 Å². The highest BCUT2D eigenvalue weighted by Gasteiger charge is 2.27. The Balaban J connectivity index is 1.79. The van der Waals surface area contributed by atoms with Gasteiger partial charge in [0.05, 0.1) is 5.92 Å². The smallest absolute Gasteiger partial charge is 0.222 e. The van der Waals surface area contributed by atoms with Crippen molar-refractivity contribution >= 4 is 11.6 Å². The van der Waals surface area contributed by atoms with Crippen LogP contribution in [0.25, 0.3) is 0 Å². The molecule has 3 nitrogen and oxygen atoms in total. The molecule has 0 aromatic heterocycles. The number of hydrogen-bond donors (Lipinski definition) is 1. The number of hydrogen-bond acceptors (Lipinski definition) is 2. The lowest BCUT2D eigenvalue weighted by Gasteiger charge is -2.22. The van der Waals surface area contributed by atoms with Crippen molar-refractivity contribution in [2.24, 2.45) is 11.7 Å². The second-order valence-electron chi connectivity index (χ2n) is 5.49. The molecule has 18 heavy (non-hydrogen) atoms. The first kappa shape index (κ1) is 11.6. The van der Waals surface area contributed by atoms with Crippen LogP contribution in [-0.2, 0) is 17.6 Å². The van der Waals surface area contributed by atoms with E-state index in [1.165, 1.54) is 42.5 Å². The third-order valence-corrected chi connectivity index (χ3v) is 4.29. The minimum Gasteiger partial charge on any atom is -0.371 e. The van der Waals surface area contributed by atoms with Crippen LogP contribution < -0.4 is 10.6 Å². The van der Waals surface area contributed by atoms with Gasteiger partial charge in [-0.1, -0.05) is 6.07 Å². The lowest BCUT2D eigenvalue weighted by atomic mass is 9.91. The second-order valence-corrected chi connectivity index (χ2v) is 5.49. The van der Waals surface area contributed by atoms with Gasteiger partial charge in [-0.25, -0.2) is 0 Å². The Morgan fingerprint density at radius 1 is 1.22 bits per heavy atom. The van der Waals surface area contributed by atoms with Crippen LogP contribution in [0.15, 0.2) is 18.2 Å². The zero-order valence-corrected chi connectivity index (χ0v) is 10.7. The van der Waals surface area contributed by atoms with E-state index in [1.807, 2.05) is 0 Å². The standard InChI is InChI=1S/C15H20N2O/c16-15(18)13-7-8-17(10-13)14-6-5-11-3-1-2-4-12(11)9-14/h5-6,9,13H,1-4,7-8,10H2,(H2,16,18)/t13-/m1/s1. The topological polar surface area (TPSA) is 46.3 Å². The molecule has 1 aromatic carbocycles. The summed E-state index contributed by atoms with van der Waals surface area (Å²) in [5.74, 6) is -0.128. The highest BCUT2D eigenvalue weighted by atomic mass is 16.1. The summed E-state index contributed by atoms with van der Waals surface area (Å²) in [4.78, 5) is 13.5. The molecule has 0 radical (unpaired) electrons. The number of rotatable bonds is 2. The first-order valence-electron chi connectivity index (χ1n) is 6.90. The van der Waals surface area contributed by atoms with E-state index in [0.29, 0.717) is 0 Å². The molecule has 1 saturated heterocycles. The number of carbonyl (C=O) groups is 1. The van der Waals surface area contributed by atoms with Crippen LogP contribution in [0.2, 0.25) is 0 Å². The number of primary amides is 1. The molecule has 1 atom stereocenters. The molecule has 96 valence electrons. The Morgan fingerprint density at radius 3 is 2.72 bits per heavy atom. The average Bonchev–Trinajstić information content (AvgIpc) is 2.88. The van der Waals surface area contributed by atoms with Crippen molar-refractivity contribution in [3.05, 3.63) is 29.3 Å². The summed E-state index contributed by atoms with van der Waals surface area (Å²) in [6.45, 7) is 1.74. The van der Waals surface area contributed by atoms with Crippen molar-refractivity contribution in [1.82, 2.24) is 0 Å². The third-order valence-electron chi connectivity index (χ3n) is 4.29. The lowest BCUT2D eigenvalue weighted by molar-refractivity contribution is -0.121. The number of carbonyl (C=O) groups excluding carboxylic acids is 1. The number of nitrogens with zero attached hydrogens (tertiary/aromatic N) is 1. The Bertz CT molecular complexity index is 470. The average molecular weight is 244 g/mol. The largest absolute Gasteiger partial charge is 0.371 e. The van der Waals surface area contributed by atoms with Gasteiger partial charge in [0.2, 0.25) is 5.91 Å². The molecular formula is C15H20N2O. The Hall–Kier alpha value is -1.51. The Morgan fingerprint density at radius 2 is 2.00 bits per heavy atom. The normalized spacial score (nSPS) is 22.9. The molecule has 1 aromatic rings. The van der Waals surface area contributed by atoms with Crippen LogP contribution in [0.4, 0.5) is 5.69 Å². The fourth-order valence-electron chi connectivity index (χ4n) is 3.14. The molecule has 0 unspecified atom stereocenters. The van der Waals surface area contributed by atoms with Crippen LogP contribution in [0.5, 0.6) is 0 Å². The van der Waals surface area contributed by atoms with Gasteiger partial charge in [-0.05, 0) is 55.4 Å². The predicted molar refractivity (Wildman–Crippen MR) is 72.6 cm³/mol. The van der Waals surface area contributed by atoms with E-state index in [0.717, 1.165) is 19.5 Å². The van der Waals surface area contributed by atoms with Gasteiger partial charge in [-0.15, -0.1) is 0 Å². The van der Waals surface area contributed by atoms with Crippen LogP contribution in [0, 0.1) is 5.92 Å². The van der Waals surface area contributed by atoms with Crippen molar-refractivity contribution < 1.29 is 4.79 Å². The van der Waals surface area contributed by atoms with E-state index in [9.17, 15) is 4.79 Å². The molecule has 1 amide bonds. The molecule has 1 fully saturated rings. The van der Waals surface area contributed by atoms with Gasteiger partial charge in [0, 0.05) is 18.8 Å². The summed E-state index contributed by atoms with van der Waals surface area (Å²) in [5, 5.41) is 0. The monoisotopic (exact) mass is 244 g/mol. The van der Waals surface area contributed by atoms with Crippen molar-refractivity contribution in [2.75, 3.05) is 18.0 Å². The third kappa shape index (κ3) is 2.09. The highest BCUT2D eigenvalue weighted by Crippen LogP contribution is 2.29. The minimum absolute atomic E-state index is 0.0287. The van der Waals surface area contributed by atoms with E-state index in [4.69, 9.17) is 5.73 Å². The predicted octanol–water partition coefficient (Wildman–Crippen LogP) is 1.88.